The standard InChI is InChI=1S/C19H23N7.HI/c1-20-19(21-13-18-24-23-17-9-5-6-11-26(17)18)22-15-10-12-25(14-15)16-7-3-2-4-8-16;/h2-9,11,15H,10,12-14H2,1H3,(H2,20,21,22);1H. The lowest BCUT2D eigenvalue weighted by Gasteiger charge is -2.20. The van der Waals surface area contributed by atoms with Crippen LogP contribution in [0.1, 0.15) is 12.2 Å². The number of guanidine groups is 1. The van der Waals surface area contributed by atoms with Crippen molar-refractivity contribution in [3.05, 3.63) is 60.6 Å². The fraction of sp³-hybridized carbons (Fsp3) is 0.316. The third kappa shape index (κ3) is 4.49. The van der Waals surface area contributed by atoms with Gasteiger partial charge >= 0.3 is 0 Å². The maximum absolute atomic E-state index is 4.35. The second-order valence-corrected chi connectivity index (χ2v) is 6.38. The Morgan fingerprint density at radius 1 is 1.15 bits per heavy atom. The number of benzene rings is 1. The van der Waals surface area contributed by atoms with E-state index < -0.39 is 0 Å². The molecule has 0 aliphatic carbocycles. The fourth-order valence-electron chi connectivity index (χ4n) is 3.31. The molecule has 0 amide bonds. The molecule has 0 bridgehead atoms. The summed E-state index contributed by atoms with van der Waals surface area (Å²) < 4.78 is 1.98. The largest absolute Gasteiger partial charge is 0.369 e. The quantitative estimate of drug-likeness (QED) is 0.343. The van der Waals surface area contributed by atoms with Crippen LogP contribution in [0.4, 0.5) is 5.69 Å². The number of nitrogens with one attached hydrogen (secondary N) is 2. The number of nitrogens with zero attached hydrogens (tertiary/aromatic N) is 5. The lowest BCUT2D eigenvalue weighted by atomic mass is 10.3. The number of fused-ring (bicyclic) bond motifs is 1. The number of rotatable bonds is 4. The van der Waals surface area contributed by atoms with Crippen LogP contribution in [0.2, 0.25) is 0 Å². The Morgan fingerprint density at radius 2 is 1.96 bits per heavy atom. The number of aliphatic imine (C=N–C) groups is 1. The normalized spacial score (nSPS) is 17.0. The molecule has 0 radical (unpaired) electrons. The van der Waals surface area contributed by atoms with Crippen molar-refractivity contribution in [3.8, 4) is 0 Å². The van der Waals surface area contributed by atoms with E-state index in [2.05, 4.69) is 61.1 Å². The first kappa shape index (κ1) is 19.4. The zero-order chi connectivity index (χ0) is 17.8. The van der Waals surface area contributed by atoms with Gasteiger partial charge in [-0.05, 0) is 30.7 Å². The molecule has 27 heavy (non-hydrogen) atoms. The molecule has 1 aliphatic heterocycles. The van der Waals surface area contributed by atoms with Crippen LogP contribution in [-0.2, 0) is 6.54 Å². The monoisotopic (exact) mass is 477 g/mol. The van der Waals surface area contributed by atoms with E-state index in [0.29, 0.717) is 12.6 Å². The van der Waals surface area contributed by atoms with Crippen molar-refractivity contribution in [2.45, 2.75) is 19.0 Å². The topological polar surface area (TPSA) is 69.8 Å². The minimum Gasteiger partial charge on any atom is -0.369 e. The minimum absolute atomic E-state index is 0. The van der Waals surface area contributed by atoms with Crippen LogP contribution in [0.3, 0.4) is 0 Å². The number of hydrogen-bond donors (Lipinski definition) is 2. The predicted octanol–water partition coefficient (Wildman–Crippen LogP) is 2.29. The highest BCUT2D eigenvalue weighted by Crippen LogP contribution is 2.19. The molecule has 0 saturated carbocycles. The van der Waals surface area contributed by atoms with Crippen LogP contribution in [0.25, 0.3) is 5.65 Å². The molecule has 7 nitrogen and oxygen atoms in total. The van der Waals surface area contributed by atoms with Gasteiger partial charge in [0.2, 0.25) is 0 Å². The molecule has 3 aromatic rings. The molecule has 2 N–H and O–H groups in total. The molecule has 2 aromatic heterocycles. The number of hydrogen-bond acceptors (Lipinski definition) is 4. The molecule has 1 aliphatic rings. The molecule has 1 fully saturated rings. The van der Waals surface area contributed by atoms with Gasteiger partial charge in [-0.1, -0.05) is 24.3 Å². The van der Waals surface area contributed by atoms with Crippen molar-refractivity contribution in [3.63, 3.8) is 0 Å². The predicted molar refractivity (Wildman–Crippen MR) is 119 cm³/mol. The summed E-state index contributed by atoms with van der Waals surface area (Å²) in [7, 11) is 1.79. The first-order valence-corrected chi connectivity index (χ1v) is 8.89. The summed E-state index contributed by atoms with van der Waals surface area (Å²) in [6.07, 6.45) is 3.06. The molecule has 4 rings (SSSR count). The molecular formula is C19H24IN7. The fourth-order valence-corrected chi connectivity index (χ4v) is 3.31. The second kappa shape index (κ2) is 9.03. The van der Waals surface area contributed by atoms with Gasteiger partial charge in [0.1, 0.15) is 0 Å². The molecule has 3 heterocycles. The molecule has 1 saturated heterocycles. The molecule has 8 heteroatoms. The highest BCUT2D eigenvalue weighted by Gasteiger charge is 2.23. The summed E-state index contributed by atoms with van der Waals surface area (Å²) in [5, 5.41) is 15.3. The zero-order valence-electron chi connectivity index (χ0n) is 15.2. The maximum Gasteiger partial charge on any atom is 0.191 e. The minimum atomic E-state index is 0. The van der Waals surface area contributed by atoms with Gasteiger partial charge in [0.15, 0.2) is 17.4 Å². The van der Waals surface area contributed by atoms with E-state index in [1.54, 1.807) is 7.05 Å². The number of anilines is 1. The Labute approximate surface area is 175 Å². The lowest BCUT2D eigenvalue weighted by molar-refractivity contribution is 0.644. The summed E-state index contributed by atoms with van der Waals surface area (Å²) in [5.41, 5.74) is 2.12. The molecule has 1 atom stereocenters. The highest BCUT2D eigenvalue weighted by molar-refractivity contribution is 14.0. The van der Waals surface area contributed by atoms with Gasteiger partial charge in [-0.25, -0.2) is 0 Å². The number of pyridine rings is 1. The summed E-state index contributed by atoms with van der Waals surface area (Å²) in [4.78, 5) is 6.75. The zero-order valence-corrected chi connectivity index (χ0v) is 17.6. The number of para-hydroxylation sites is 1. The maximum atomic E-state index is 4.35. The van der Waals surface area contributed by atoms with Crippen LogP contribution >= 0.6 is 24.0 Å². The van der Waals surface area contributed by atoms with Crippen molar-refractivity contribution in [1.29, 1.82) is 0 Å². The summed E-state index contributed by atoms with van der Waals surface area (Å²) in [5.74, 6) is 1.65. The Morgan fingerprint density at radius 3 is 2.78 bits per heavy atom. The Bertz CT molecular complexity index is 893. The van der Waals surface area contributed by atoms with Crippen molar-refractivity contribution < 1.29 is 0 Å². The van der Waals surface area contributed by atoms with Crippen LogP contribution in [0.5, 0.6) is 0 Å². The first-order valence-electron chi connectivity index (χ1n) is 8.89. The molecule has 0 spiro atoms. The third-order valence-electron chi connectivity index (χ3n) is 4.67. The van der Waals surface area contributed by atoms with Crippen molar-refractivity contribution in [2.24, 2.45) is 4.99 Å². The van der Waals surface area contributed by atoms with Gasteiger partial charge in [-0.2, -0.15) is 0 Å². The Hall–Kier alpha value is -2.36. The average molecular weight is 477 g/mol. The van der Waals surface area contributed by atoms with E-state index in [9.17, 15) is 0 Å². The number of halogens is 1. The van der Waals surface area contributed by atoms with E-state index in [4.69, 9.17) is 0 Å². The second-order valence-electron chi connectivity index (χ2n) is 6.38. The Balaban J connectivity index is 0.00000210. The van der Waals surface area contributed by atoms with Crippen LogP contribution in [-0.4, -0.2) is 46.7 Å². The van der Waals surface area contributed by atoms with Gasteiger partial charge in [-0.3, -0.25) is 9.39 Å². The van der Waals surface area contributed by atoms with Crippen molar-refractivity contribution in [2.75, 3.05) is 25.0 Å². The SMILES string of the molecule is CN=C(NCc1nnc2ccccn12)NC1CCN(c2ccccc2)C1.I. The van der Waals surface area contributed by atoms with E-state index in [-0.39, 0.29) is 24.0 Å². The van der Waals surface area contributed by atoms with Crippen molar-refractivity contribution >= 4 is 41.3 Å². The van der Waals surface area contributed by atoms with E-state index >= 15 is 0 Å². The summed E-state index contributed by atoms with van der Waals surface area (Å²) >= 11 is 0. The lowest BCUT2D eigenvalue weighted by Crippen LogP contribution is -2.44. The van der Waals surface area contributed by atoms with Gasteiger partial charge in [0.25, 0.3) is 0 Å². The van der Waals surface area contributed by atoms with E-state index in [1.807, 2.05) is 28.8 Å². The van der Waals surface area contributed by atoms with Gasteiger partial charge in [0.05, 0.1) is 6.54 Å². The third-order valence-corrected chi connectivity index (χ3v) is 4.67. The summed E-state index contributed by atoms with van der Waals surface area (Å²) in [6.45, 7) is 2.59. The van der Waals surface area contributed by atoms with Crippen LogP contribution in [0.15, 0.2) is 59.7 Å². The smallest absolute Gasteiger partial charge is 0.191 e. The number of aromatic nitrogens is 3. The van der Waals surface area contributed by atoms with E-state index in [0.717, 1.165) is 36.9 Å². The molecular weight excluding hydrogens is 453 g/mol. The van der Waals surface area contributed by atoms with Gasteiger partial charge in [-0.15, -0.1) is 34.2 Å². The van der Waals surface area contributed by atoms with Gasteiger partial charge in [0, 0.05) is 38.1 Å². The molecule has 1 unspecified atom stereocenters. The summed E-state index contributed by atoms with van der Waals surface area (Å²) in [6, 6.07) is 16.8. The average Bonchev–Trinajstić information content (AvgIpc) is 3.33. The van der Waals surface area contributed by atoms with Gasteiger partial charge < -0.3 is 15.5 Å². The molecule has 142 valence electrons. The first-order chi connectivity index (χ1) is 12.8. The van der Waals surface area contributed by atoms with Crippen molar-refractivity contribution in [1.82, 2.24) is 25.2 Å². The highest BCUT2D eigenvalue weighted by atomic mass is 127. The van der Waals surface area contributed by atoms with Crippen LogP contribution < -0.4 is 15.5 Å². The van der Waals surface area contributed by atoms with Crippen LogP contribution in [0, 0.1) is 0 Å². The molecule has 1 aromatic carbocycles. The van der Waals surface area contributed by atoms with E-state index in [1.165, 1.54) is 5.69 Å². The Kier molecular flexibility index (Phi) is 6.49.